The first-order valence-electron chi connectivity index (χ1n) is 14.8. The molecule has 0 aliphatic rings. The van der Waals surface area contributed by atoms with E-state index in [1.54, 1.807) is 0 Å². The molecule has 6 aromatic carbocycles. The number of para-hydroxylation sites is 1. The van der Waals surface area contributed by atoms with Gasteiger partial charge in [0.15, 0.2) is 5.82 Å². The Hall–Kier alpha value is -5.58. The molecule has 0 saturated carbocycles. The van der Waals surface area contributed by atoms with Gasteiger partial charge < -0.3 is 0 Å². The second kappa shape index (κ2) is 10.0. The van der Waals surface area contributed by atoms with Crippen LogP contribution in [0.3, 0.4) is 0 Å². The SMILES string of the molecule is c1ccc(-c2ccc3c(c2)c2ccccc2n3-c2cc(-c3ccc4c(c3)sc3ccccc34)nc(-c3ccccc3)n2)cc1. The summed E-state index contributed by atoms with van der Waals surface area (Å²) in [6.45, 7) is 0. The van der Waals surface area contributed by atoms with Crippen molar-refractivity contribution < 1.29 is 0 Å². The van der Waals surface area contributed by atoms with Gasteiger partial charge in [-0.25, -0.2) is 9.97 Å². The summed E-state index contributed by atoms with van der Waals surface area (Å²) in [6.07, 6.45) is 0. The Morgan fingerprint density at radius 3 is 1.91 bits per heavy atom. The van der Waals surface area contributed by atoms with E-state index in [9.17, 15) is 0 Å². The molecule has 9 aromatic rings. The summed E-state index contributed by atoms with van der Waals surface area (Å²) in [5.41, 5.74) is 7.62. The van der Waals surface area contributed by atoms with Crippen LogP contribution in [0.4, 0.5) is 0 Å². The Bertz CT molecular complexity index is 2490. The Morgan fingerprint density at radius 2 is 1.07 bits per heavy atom. The zero-order valence-electron chi connectivity index (χ0n) is 23.7. The number of hydrogen-bond donors (Lipinski definition) is 0. The molecule has 3 nitrogen and oxygen atoms in total. The highest BCUT2D eigenvalue weighted by atomic mass is 32.1. The fourth-order valence-electron chi connectivity index (χ4n) is 6.33. The summed E-state index contributed by atoms with van der Waals surface area (Å²) >= 11 is 1.83. The highest BCUT2D eigenvalue weighted by molar-refractivity contribution is 7.25. The molecule has 4 heteroatoms. The lowest BCUT2D eigenvalue weighted by molar-refractivity contribution is 1.05. The van der Waals surface area contributed by atoms with Gasteiger partial charge in [-0.1, -0.05) is 115 Å². The lowest BCUT2D eigenvalue weighted by atomic mass is 10.0. The number of fused-ring (bicyclic) bond motifs is 6. The molecule has 0 aliphatic heterocycles. The first-order chi connectivity index (χ1) is 21.8. The standard InChI is InChI=1S/C40H25N3S/c1-3-11-26(12-4-1)28-20-22-36-33(23-28)30-15-7-9-17-35(30)43(36)39-25-34(41-40(42-39)27-13-5-2-6-14-27)29-19-21-32-31-16-8-10-18-37(31)44-38(32)24-29/h1-25H. The topological polar surface area (TPSA) is 30.7 Å². The van der Waals surface area contributed by atoms with Gasteiger partial charge in [-0.15, -0.1) is 11.3 Å². The maximum atomic E-state index is 5.20. The van der Waals surface area contributed by atoms with Crippen molar-refractivity contribution in [3.63, 3.8) is 0 Å². The number of thiophene rings is 1. The monoisotopic (exact) mass is 579 g/mol. The molecule has 0 radical (unpaired) electrons. The molecule has 0 aliphatic carbocycles. The Morgan fingerprint density at radius 1 is 0.409 bits per heavy atom. The average molecular weight is 580 g/mol. The van der Waals surface area contributed by atoms with Crippen molar-refractivity contribution in [1.29, 1.82) is 0 Å². The number of nitrogens with zero attached hydrogens (tertiary/aromatic N) is 3. The summed E-state index contributed by atoms with van der Waals surface area (Å²) in [5.74, 6) is 1.56. The van der Waals surface area contributed by atoms with Crippen LogP contribution in [0.25, 0.3) is 81.6 Å². The van der Waals surface area contributed by atoms with Crippen LogP contribution in [-0.2, 0) is 0 Å². The number of benzene rings is 6. The van der Waals surface area contributed by atoms with E-state index < -0.39 is 0 Å². The second-order valence-electron chi connectivity index (χ2n) is 11.1. The summed E-state index contributed by atoms with van der Waals surface area (Å²) in [6, 6.07) is 53.6. The van der Waals surface area contributed by atoms with Crippen LogP contribution in [0, 0.1) is 0 Å². The highest BCUT2D eigenvalue weighted by Crippen LogP contribution is 2.38. The van der Waals surface area contributed by atoms with Crippen molar-refractivity contribution in [3.8, 4) is 39.6 Å². The third-order valence-electron chi connectivity index (χ3n) is 8.43. The fourth-order valence-corrected chi connectivity index (χ4v) is 7.47. The van der Waals surface area contributed by atoms with E-state index in [0.29, 0.717) is 5.82 Å². The third-order valence-corrected chi connectivity index (χ3v) is 9.56. The minimum Gasteiger partial charge on any atom is -0.294 e. The molecule has 0 spiro atoms. The summed E-state index contributed by atoms with van der Waals surface area (Å²) < 4.78 is 4.85. The molecule has 9 rings (SSSR count). The lowest BCUT2D eigenvalue weighted by Crippen LogP contribution is -2.02. The van der Waals surface area contributed by atoms with Gasteiger partial charge in [-0.05, 0) is 41.5 Å². The predicted octanol–water partition coefficient (Wildman–Crippen LogP) is 10.9. The third kappa shape index (κ3) is 4.03. The van der Waals surface area contributed by atoms with Crippen molar-refractivity contribution in [2.45, 2.75) is 0 Å². The largest absolute Gasteiger partial charge is 0.294 e. The van der Waals surface area contributed by atoms with Crippen molar-refractivity contribution >= 4 is 53.3 Å². The first-order valence-corrected chi connectivity index (χ1v) is 15.6. The van der Waals surface area contributed by atoms with Gasteiger partial charge in [-0.3, -0.25) is 4.57 Å². The van der Waals surface area contributed by atoms with E-state index in [2.05, 4.69) is 138 Å². The molecule has 0 amide bonds. The summed E-state index contributed by atoms with van der Waals surface area (Å²) in [7, 11) is 0. The summed E-state index contributed by atoms with van der Waals surface area (Å²) in [4.78, 5) is 10.3. The molecular weight excluding hydrogens is 555 g/mol. The molecule has 44 heavy (non-hydrogen) atoms. The number of hydrogen-bond acceptors (Lipinski definition) is 3. The van der Waals surface area contributed by atoms with E-state index in [0.717, 1.165) is 33.7 Å². The molecule has 0 atom stereocenters. The van der Waals surface area contributed by atoms with E-state index >= 15 is 0 Å². The van der Waals surface area contributed by atoms with Crippen LogP contribution < -0.4 is 0 Å². The first kappa shape index (κ1) is 25.0. The van der Waals surface area contributed by atoms with Gasteiger partial charge in [0.05, 0.1) is 16.7 Å². The Kier molecular flexibility index (Phi) is 5.68. The predicted molar refractivity (Wildman–Crippen MR) is 186 cm³/mol. The van der Waals surface area contributed by atoms with Gasteiger partial charge in [-0.2, -0.15) is 0 Å². The normalized spacial score (nSPS) is 11.6. The van der Waals surface area contributed by atoms with Gasteiger partial charge >= 0.3 is 0 Å². The maximum Gasteiger partial charge on any atom is 0.162 e. The zero-order valence-corrected chi connectivity index (χ0v) is 24.5. The van der Waals surface area contributed by atoms with Gasteiger partial charge in [0.25, 0.3) is 0 Å². The smallest absolute Gasteiger partial charge is 0.162 e. The van der Waals surface area contributed by atoms with Crippen LogP contribution in [0.1, 0.15) is 0 Å². The quantitative estimate of drug-likeness (QED) is 0.208. The molecule has 0 saturated heterocycles. The van der Waals surface area contributed by atoms with Crippen LogP contribution in [0.15, 0.2) is 152 Å². The van der Waals surface area contributed by atoms with Crippen molar-refractivity contribution in [2.75, 3.05) is 0 Å². The van der Waals surface area contributed by atoms with Gasteiger partial charge in [0.2, 0.25) is 0 Å². The van der Waals surface area contributed by atoms with Crippen LogP contribution >= 0.6 is 11.3 Å². The second-order valence-corrected chi connectivity index (χ2v) is 12.1. The Labute approximate surface area is 258 Å². The van der Waals surface area contributed by atoms with E-state index in [-0.39, 0.29) is 0 Å². The number of rotatable bonds is 4. The van der Waals surface area contributed by atoms with E-state index in [1.807, 2.05) is 29.5 Å². The molecular formula is C40H25N3S. The average Bonchev–Trinajstić information content (AvgIpc) is 3.64. The lowest BCUT2D eigenvalue weighted by Gasteiger charge is -2.12. The molecule has 0 fully saturated rings. The van der Waals surface area contributed by atoms with Gasteiger partial charge in [0.1, 0.15) is 5.82 Å². The molecule has 206 valence electrons. The van der Waals surface area contributed by atoms with E-state index in [4.69, 9.17) is 9.97 Å². The Balaban J connectivity index is 1.29. The molecule has 0 bridgehead atoms. The van der Waals surface area contributed by atoms with Crippen LogP contribution in [0.2, 0.25) is 0 Å². The highest BCUT2D eigenvalue weighted by Gasteiger charge is 2.17. The van der Waals surface area contributed by atoms with Crippen LogP contribution in [0.5, 0.6) is 0 Å². The molecule has 0 unspecified atom stereocenters. The summed E-state index contributed by atoms with van der Waals surface area (Å²) in [5, 5.41) is 4.99. The molecule has 0 N–H and O–H groups in total. The molecule has 3 heterocycles. The maximum absolute atomic E-state index is 5.20. The van der Waals surface area contributed by atoms with Crippen molar-refractivity contribution in [2.24, 2.45) is 0 Å². The minimum atomic E-state index is 0.710. The fraction of sp³-hybridized carbons (Fsp3) is 0. The van der Waals surface area contributed by atoms with Crippen molar-refractivity contribution in [3.05, 3.63) is 152 Å². The number of aromatic nitrogens is 3. The van der Waals surface area contributed by atoms with Gasteiger partial charge in [0, 0.05) is 48.1 Å². The van der Waals surface area contributed by atoms with Crippen molar-refractivity contribution in [1.82, 2.24) is 14.5 Å². The van der Waals surface area contributed by atoms with Crippen LogP contribution in [-0.4, -0.2) is 14.5 Å². The minimum absolute atomic E-state index is 0.710. The van der Waals surface area contributed by atoms with E-state index in [1.165, 1.54) is 42.1 Å². The zero-order chi connectivity index (χ0) is 29.0. The molecule has 3 aromatic heterocycles.